The molecule has 146 valence electrons. The quantitative estimate of drug-likeness (QED) is 0.367. The lowest BCUT2D eigenvalue weighted by Crippen LogP contribution is -2.00. The highest BCUT2D eigenvalue weighted by Crippen LogP contribution is 2.31. The molecule has 0 saturated carbocycles. The highest BCUT2D eigenvalue weighted by atomic mass is 16.5. The van der Waals surface area contributed by atoms with Crippen LogP contribution >= 0.6 is 0 Å². The SMILES string of the molecule is CCCCOc1cc(CCc2ccc(OCC)cc2)ccc1-c1ccccc1. The van der Waals surface area contributed by atoms with E-state index < -0.39 is 0 Å². The smallest absolute Gasteiger partial charge is 0.127 e. The second-order valence-corrected chi connectivity index (χ2v) is 6.98. The lowest BCUT2D eigenvalue weighted by atomic mass is 9.99. The van der Waals surface area contributed by atoms with E-state index in [1.54, 1.807) is 0 Å². The molecule has 0 saturated heterocycles. The summed E-state index contributed by atoms with van der Waals surface area (Å²) < 4.78 is 11.7. The minimum absolute atomic E-state index is 0.702. The van der Waals surface area contributed by atoms with Crippen LogP contribution < -0.4 is 9.47 Å². The molecular formula is C26H30O2. The Hall–Kier alpha value is -2.74. The average Bonchev–Trinajstić information content (AvgIpc) is 2.74. The molecule has 0 aliphatic rings. The van der Waals surface area contributed by atoms with Crippen molar-refractivity contribution in [1.29, 1.82) is 0 Å². The van der Waals surface area contributed by atoms with Crippen LogP contribution in [0.25, 0.3) is 11.1 Å². The van der Waals surface area contributed by atoms with Gasteiger partial charge in [0.2, 0.25) is 0 Å². The first kappa shape index (κ1) is 20.0. The predicted octanol–water partition coefficient (Wildman–Crippen LogP) is 6.72. The van der Waals surface area contributed by atoms with Crippen LogP contribution in [0.4, 0.5) is 0 Å². The summed E-state index contributed by atoms with van der Waals surface area (Å²) in [5, 5.41) is 0. The van der Waals surface area contributed by atoms with Crippen molar-refractivity contribution in [3.8, 4) is 22.6 Å². The molecule has 0 atom stereocenters. The number of benzene rings is 3. The third kappa shape index (κ3) is 5.63. The van der Waals surface area contributed by atoms with Crippen LogP contribution in [-0.2, 0) is 12.8 Å². The van der Waals surface area contributed by atoms with Gasteiger partial charge in [0.1, 0.15) is 11.5 Å². The fraction of sp³-hybridized carbons (Fsp3) is 0.308. The molecule has 0 N–H and O–H groups in total. The first-order valence-electron chi connectivity index (χ1n) is 10.3. The van der Waals surface area contributed by atoms with Crippen molar-refractivity contribution >= 4 is 0 Å². The average molecular weight is 375 g/mol. The molecule has 3 rings (SSSR count). The molecule has 0 aliphatic heterocycles. The van der Waals surface area contributed by atoms with Crippen molar-refractivity contribution in [3.63, 3.8) is 0 Å². The van der Waals surface area contributed by atoms with Gasteiger partial charge in [0, 0.05) is 5.56 Å². The number of ether oxygens (including phenoxy) is 2. The molecule has 2 heteroatoms. The maximum absolute atomic E-state index is 6.15. The van der Waals surface area contributed by atoms with Crippen LogP contribution in [0.3, 0.4) is 0 Å². The van der Waals surface area contributed by atoms with E-state index in [0.29, 0.717) is 6.61 Å². The highest BCUT2D eigenvalue weighted by molar-refractivity contribution is 5.70. The van der Waals surface area contributed by atoms with Crippen LogP contribution in [0.15, 0.2) is 72.8 Å². The largest absolute Gasteiger partial charge is 0.494 e. The molecule has 3 aromatic carbocycles. The number of aryl methyl sites for hydroxylation is 2. The van der Waals surface area contributed by atoms with E-state index >= 15 is 0 Å². The van der Waals surface area contributed by atoms with Gasteiger partial charge < -0.3 is 9.47 Å². The zero-order valence-corrected chi connectivity index (χ0v) is 17.0. The molecule has 0 spiro atoms. The lowest BCUT2D eigenvalue weighted by molar-refractivity contribution is 0.310. The van der Waals surface area contributed by atoms with E-state index in [1.165, 1.54) is 22.3 Å². The molecule has 0 fully saturated rings. The monoisotopic (exact) mass is 374 g/mol. The number of unbranched alkanes of at least 4 members (excludes halogenated alkanes) is 1. The molecule has 0 bridgehead atoms. The van der Waals surface area contributed by atoms with Crippen LogP contribution in [0, 0.1) is 0 Å². The summed E-state index contributed by atoms with van der Waals surface area (Å²) in [6, 6.07) is 25.5. The minimum atomic E-state index is 0.702. The summed E-state index contributed by atoms with van der Waals surface area (Å²) in [5.74, 6) is 1.92. The fourth-order valence-corrected chi connectivity index (χ4v) is 3.23. The Balaban J connectivity index is 1.73. The zero-order chi connectivity index (χ0) is 19.6. The summed E-state index contributed by atoms with van der Waals surface area (Å²) in [6.45, 7) is 5.66. The van der Waals surface area contributed by atoms with Gasteiger partial charge in [0.05, 0.1) is 13.2 Å². The first-order chi connectivity index (χ1) is 13.8. The number of hydrogen-bond donors (Lipinski definition) is 0. The van der Waals surface area contributed by atoms with Crippen molar-refractivity contribution in [2.45, 2.75) is 39.5 Å². The predicted molar refractivity (Wildman–Crippen MR) is 117 cm³/mol. The summed E-state index contributed by atoms with van der Waals surface area (Å²) in [6.07, 6.45) is 4.21. The van der Waals surface area contributed by atoms with Crippen LogP contribution in [0.5, 0.6) is 11.5 Å². The molecule has 0 heterocycles. The van der Waals surface area contributed by atoms with Crippen LogP contribution in [0.1, 0.15) is 37.8 Å². The van der Waals surface area contributed by atoms with Crippen LogP contribution in [0.2, 0.25) is 0 Å². The molecule has 2 nitrogen and oxygen atoms in total. The molecule has 0 unspecified atom stereocenters. The van der Waals surface area contributed by atoms with Gasteiger partial charge in [0.15, 0.2) is 0 Å². The maximum Gasteiger partial charge on any atom is 0.127 e. The van der Waals surface area contributed by atoms with Gasteiger partial charge in [0.25, 0.3) is 0 Å². The Kier molecular flexibility index (Phi) is 7.54. The van der Waals surface area contributed by atoms with Crippen molar-refractivity contribution < 1.29 is 9.47 Å². The van der Waals surface area contributed by atoms with Gasteiger partial charge in [-0.3, -0.25) is 0 Å². The third-order valence-electron chi connectivity index (χ3n) is 4.82. The topological polar surface area (TPSA) is 18.5 Å². The Labute approximate surface area is 169 Å². The van der Waals surface area contributed by atoms with E-state index in [-0.39, 0.29) is 0 Å². The van der Waals surface area contributed by atoms with E-state index in [2.05, 4.69) is 73.7 Å². The van der Waals surface area contributed by atoms with Crippen molar-refractivity contribution in [3.05, 3.63) is 83.9 Å². The lowest BCUT2D eigenvalue weighted by Gasteiger charge is -2.14. The van der Waals surface area contributed by atoms with Gasteiger partial charge in [-0.25, -0.2) is 0 Å². The Morgan fingerprint density at radius 3 is 2.14 bits per heavy atom. The Morgan fingerprint density at radius 1 is 0.714 bits per heavy atom. The summed E-state index contributed by atoms with van der Waals surface area (Å²) in [4.78, 5) is 0. The third-order valence-corrected chi connectivity index (χ3v) is 4.82. The van der Waals surface area contributed by atoms with Gasteiger partial charge in [-0.1, -0.05) is 67.9 Å². The van der Waals surface area contributed by atoms with E-state index in [9.17, 15) is 0 Å². The van der Waals surface area contributed by atoms with Gasteiger partial charge in [-0.15, -0.1) is 0 Å². The zero-order valence-electron chi connectivity index (χ0n) is 17.0. The van der Waals surface area contributed by atoms with Gasteiger partial charge in [-0.05, 0) is 61.1 Å². The van der Waals surface area contributed by atoms with E-state index in [1.807, 2.05) is 13.0 Å². The van der Waals surface area contributed by atoms with Crippen molar-refractivity contribution in [2.24, 2.45) is 0 Å². The summed E-state index contributed by atoms with van der Waals surface area (Å²) in [7, 11) is 0. The number of hydrogen-bond acceptors (Lipinski definition) is 2. The molecule has 3 aromatic rings. The molecule has 0 amide bonds. The van der Waals surface area contributed by atoms with Crippen LogP contribution in [-0.4, -0.2) is 13.2 Å². The minimum Gasteiger partial charge on any atom is -0.494 e. The fourth-order valence-electron chi connectivity index (χ4n) is 3.23. The standard InChI is InChI=1S/C26H30O2/c1-3-5-19-28-26-20-22(15-18-25(26)23-9-7-6-8-10-23)12-11-21-13-16-24(17-14-21)27-4-2/h6-10,13-18,20H,3-5,11-12,19H2,1-2H3. The van der Waals surface area contributed by atoms with Crippen molar-refractivity contribution in [1.82, 2.24) is 0 Å². The molecule has 28 heavy (non-hydrogen) atoms. The summed E-state index contributed by atoms with van der Waals surface area (Å²) >= 11 is 0. The Bertz CT molecular complexity index is 838. The van der Waals surface area contributed by atoms with Gasteiger partial charge in [-0.2, -0.15) is 0 Å². The normalized spacial score (nSPS) is 10.6. The highest BCUT2D eigenvalue weighted by Gasteiger charge is 2.08. The molecular weight excluding hydrogens is 344 g/mol. The maximum atomic E-state index is 6.15. The van der Waals surface area contributed by atoms with E-state index in [4.69, 9.17) is 9.47 Å². The number of rotatable bonds is 10. The second-order valence-electron chi connectivity index (χ2n) is 6.98. The second kappa shape index (κ2) is 10.6. The first-order valence-corrected chi connectivity index (χ1v) is 10.3. The van der Waals surface area contributed by atoms with E-state index in [0.717, 1.165) is 43.8 Å². The Morgan fingerprint density at radius 2 is 1.43 bits per heavy atom. The summed E-state index contributed by atoms with van der Waals surface area (Å²) in [5.41, 5.74) is 5.00. The van der Waals surface area contributed by atoms with Crippen molar-refractivity contribution in [2.75, 3.05) is 13.2 Å². The molecule has 0 aromatic heterocycles. The molecule has 0 radical (unpaired) electrons. The molecule has 0 aliphatic carbocycles. The van der Waals surface area contributed by atoms with Gasteiger partial charge >= 0.3 is 0 Å².